The summed E-state index contributed by atoms with van der Waals surface area (Å²) in [5.74, 6) is 0.705. The molecule has 0 amide bonds. The van der Waals surface area contributed by atoms with Crippen LogP contribution in [0.4, 0.5) is 0 Å². The van der Waals surface area contributed by atoms with E-state index < -0.39 is 5.60 Å². The van der Waals surface area contributed by atoms with Crippen molar-refractivity contribution < 1.29 is 5.11 Å². The second kappa shape index (κ2) is 4.97. The van der Waals surface area contributed by atoms with Crippen LogP contribution in [0, 0.1) is 5.92 Å². The normalized spacial score (nSPS) is 17.5. The predicted molar refractivity (Wildman–Crippen MR) is 57.8 cm³/mol. The molecule has 2 unspecified atom stereocenters. The van der Waals surface area contributed by atoms with Crippen LogP contribution in [0.3, 0.4) is 0 Å². The summed E-state index contributed by atoms with van der Waals surface area (Å²) in [6, 6.07) is 0.614. The molecule has 0 heterocycles. The third-order valence-electron chi connectivity index (χ3n) is 2.42. The molecule has 0 aromatic rings. The van der Waals surface area contributed by atoms with Gasteiger partial charge in [-0.1, -0.05) is 13.8 Å². The molecule has 0 aliphatic rings. The number of hydrogen-bond acceptors (Lipinski definition) is 2. The van der Waals surface area contributed by atoms with Crippen LogP contribution in [0.5, 0.6) is 0 Å². The first-order valence-corrected chi connectivity index (χ1v) is 5.22. The number of hydrogen-bond donors (Lipinski definition) is 2. The average molecular weight is 187 g/mol. The average Bonchev–Trinajstić information content (AvgIpc) is 1.82. The minimum absolute atomic E-state index is 0.140. The van der Waals surface area contributed by atoms with E-state index in [1.165, 1.54) is 0 Å². The van der Waals surface area contributed by atoms with Crippen molar-refractivity contribution in [2.45, 2.75) is 65.6 Å². The Labute approximate surface area is 82.7 Å². The zero-order valence-electron chi connectivity index (χ0n) is 9.89. The van der Waals surface area contributed by atoms with E-state index in [1.807, 2.05) is 20.8 Å². The Balaban J connectivity index is 3.85. The first-order chi connectivity index (χ1) is 5.73. The highest BCUT2D eigenvalue weighted by Gasteiger charge is 2.23. The van der Waals surface area contributed by atoms with E-state index in [0.29, 0.717) is 12.0 Å². The molecule has 0 aliphatic carbocycles. The van der Waals surface area contributed by atoms with Gasteiger partial charge in [-0.05, 0) is 40.0 Å². The fourth-order valence-electron chi connectivity index (χ4n) is 1.41. The molecule has 0 saturated heterocycles. The zero-order valence-corrected chi connectivity index (χ0v) is 9.89. The summed E-state index contributed by atoms with van der Waals surface area (Å²) in [4.78, 5) is 0. The van der Waals surface area contributed by atoms with Gasteiger partial charge in [0.1, 0.15) is 0 Å². The van der Waals surface area contributed by atoms with Gasteiger partial charge in [0.05, 0.1) is 5.60 Å². The highest BCUT2D eigenvalue weighted by atomic mass is 16.3. The summed E-state index contributed by atoms with van der Waals surface area (Å²) in [6.07, 6.45) is 1.15. The topological polar surface area (TPSA) is 32.3 Å². The molecule has 0 aromatic carbocycles. The van der Waals surface area contributed by atoms with Crippen LogP contribution in [-0.4, -0.2) is 22.8 Å². The summed E-state index contributed by atoms with van der Waals surface area (Å²) in [5, 5.41) is 13.1. The third kappa shape index (κ3) is 6.05. The Morgan fingerprint density at radius 1 is 1.15 bits per heavy atom. The molecule has 0 rings (SSSR count). The minimum atomic E-state index is -0.634. The van der Waals surface area contributed by atoms with Crippen LogP contribution in [0.25, 0.3) is 0 Å². The van der Waals surface area contributed by atoms with Gasteiger partial charge in [-0.3, -0.25) is 0 Å². The molecule has 0 aliphatic heterocycles. The SMILES string of the molecule is CC(C)CC(C)NC(C)C(C)(C)O. The second-order valence-corrected chi connectivity index (χ2v) is 5.07. The van der Waals surface area contributed by atoms with Crippen molar-refractivity contribution in [1.82, 2.24) is 5.32 Å². The Bertz CT molecular complexity index is 138. The first-order valence-electron chi connectivity index (χ1n) is 5.22. The van der Waals surface area contributed by atoms with Crippen molar-refractivity contribution in [3.63, 3.8) is 0 Å². The van der Waals surface area contributed by atoms with Crippen LogP contribution >= 0.6 is 0 Å². The number of nitrogens with one attached hydrogen (secondary N) is 1. The van der Waals surface area contributed by atoms with Crippen molar-refractivity contribution in [3.8, 4) is 0 Å². The van der Waals surface area contributed by atoms with Gasteiger partial charge in [-0.2, -0.15) is 0 Å². The molecular formula is C11H25NO. The Hall–Kier alpha value is -0.0800. The van der Waals surface area contributed by atoms with E-state index >= 15 is 0 Å². The van der Waals surface area contributed by atoms with E-state index in [9.17, 15) is 5.11 Å². The molecule has 0 saturated carbocycles. The highest BCUT2D eigenvalue weighted by molar-refractivity contribution is 4.81. The van der Waals surface area contributed by atoms with Crippen LogP contribution in [0.1, 0.15) is 48.0 Å². The summed E-state index contributed by atoms with van der Waals surface area (Å²) in [7, 11) is 0. The molecule has 0 aromatic heterocycles. The molecule has 0 bridgehead atoms. The summed E-state index contributed by atoms with van der Waals surface area (Å²) >= 11 is 0. The summed E-state index contributed by atoms with van der Waals surface area (Å²) < 4.78 is 0. The maximum atomic E-state index is 9.71. The fraction of sp³-hybridized carbons (Fsp3) is 1.00. The van der Waals surface area contributed by atoms with Crippen molar-refractivity contribution in [2.24, 2.45) is 5.92 Å². The standard InChI is InChI=1S/C11H25NO/c1-8(2)7-9(3)12-10(4)11(5,6)13/h8-10,12-13H,7H2,1-6H3. The van der Waals surface area contributed by atoms with Gasteiger partial charge >= 0.3 is 0 Å². The molecule has 2 heteroatoms. The fourth-order valence-corrected chi connectivity index (χ4v) is 1.41. The van der Waals surface area contributed by atoms with Gasteiger partial charge in [0.25, 0.3) is 0 Å². The molecule has 80 valence electrons. The lowest BCUT2D eigenvalue weighted by Gasteiger charge is -2.30. The maximum Gasteiger partial charge on any atom is 0.0741 e. The lowest BCUT2D eigenvalue weighted by atomic mass is 9.98. The van der Waals surface area contributed by atoms with Gasteiger partial charge in [0.2, 0.25) is 0 Å². The van der Waals surface area contributed by atoms with Crippen molar-refractivity contribution in [3.05, 3.63) is 0 Å². The largest absolute Gasteiger partial charge is 0.389 e. The Kier molecular flexibility index (Phi) is 4.93. The van der Waals surface area contributed by atoms with Gasteiger partial charge in [-0.25, -0.2) is 0 Å². The van der Waals surface area contributed by atoms with E-state index in [1.54, 1.807) is 0 Å². The summed E-state index contributed by atoms with van der Waals surface area (Å²) in [5.41, 5.74) is -0.634. The molecule has 0 radical (unpaired) electrons. The highest BCUT2D eigenvalue weighted by Crippen LogP contribution is 2.11. The van der Waals surface area contributed by atoms with Crippen molar-refractivity contribution in [2.75, 3.05) is 0 Å². The van der Waals surface area contributed by atoms with Gasteiger partial charge < -0.3 is 10.4 Å². The van der Waals surface area contributed by atoms with Crippen molar-refractivity contribution in [1.29, 1.82) is 0 Å². The third-order valence-corrected chi connectivity index (χ3v) is 2.42. The molecular weight excluding hydrogens is 162 g/mol. The van der Waals surface area contributed by atoms with E-state index in [-0.39, 0.29) is 6.04 Å². The van der Waals surface area contributed by atoms with Gasteiger partial charge in [0, 0.05) is 12.1 Å². The molecule has 13 heavy (non-hydrogen) atoms. The maximum absolute atomic E-state index is 9.71. The second-order valence-electron chi connectivity index (χ2n) is 5.07. The quantitative estimate of drug-likeness (QED) is 0.691. The molecule has 0 spiro atoms. The molecule has 2 nitrogen and oxygen atoms in total. The lowest BCUT2D eigenvalue weighted by molar-refractivity contribution is 0.0396. The van der Waals surface area contributed by atoms with Gasteiger partial charge in [0.15, 0.2) is 0 Å². The minimum Gasteiger partial charge on any atom is -0.389 e. The van der Waals surface area contributed by atoms with E-state index in [4.69, 9.17) is 0 Å². The van der Waals surface area contributed by atoms with Crippen LogP contribution in [0.2, 0.25) is 0 Å². The lowest BCUT2D eigenvalue weighted by Crippen LogP contribution is -2.48. The van der Waals surface area contributed by atoms with E-state index in [2.05, 4.69) is 26.1 Å². The van der Waals surface area contributed by atoms with Crippen LogP contribution in [-0.2, 0) is 0 Å². The Morgan fingerprint density at radius 3 is 1.92 bits per heavy atom. The zero-order chi connectivity index (χ0) is 10.6. The first kappa shape index (κ1) is 12.9. The predicted octanol–water partition coefficient (Wildman–Crippen LogP) is 2.17. The van der Waals surface area contributed by atoms with Crippen LogP contribution in [0.15, 0.2) is 0 Å². The number of rotatable bonds is 5. The Morgan fingerprint density at radius 2 is 1.62 bits per heavy atom. The van der Waals surface area contributed by atoms with Crippen LogP contribution < -0.4 is 5.32 Å². The van der Waals surface area contributed by atoms with Gasteiger partial charge in [-0.15, -0.1) is 0 Å². The summed E-state index contributed by atoms with van der Waals surface area (Å²) in [6.45, 7) is 12.3. The molecule has 0 fully saturated rings. The monoisotopic (exact) mass is 187 g/mol. The van der Waals surface area contributed by atoms with E-state index in [0.717, 1.165) is 6.42 Å². The molecule has 2 atom stereocenters. The smallest absolute Gasteiger partial charge is 0.0741 e. The molecule has 2 N–H and O–H groups in total. The van der Waals surface area contributed by atoms with Crippen molar-refractivity contribution >= 4 is 0 Å². The number of aliphatic hydroxyl groups is 1.